The third-order valence-corrected chi connectivity index (χ3v) is 2.11. The lowest BCUT2D eigenvalue weighted by atomic mass is 10.0. The van der Waals surface area contributed by atoms with Crippen molar-refractivity contribution in [2.24, 2.45) is 5.73 Å². The maximum Gasteiger partial charge on any atom is 0.303 e. The zero-order valence-electron chi connectivity index (χ0n) is 9.27. The van der Waals surface area contributed by atoms with Crippen LogP contribution < -0.4 is 5.73 Å². The number of benzene rings is 1. The first-order valence-corrected chi connectivity index (χ1v) is 5.16. The minimum atomic E-state index is -0.843. The minimum absolute atomic E-state index is 0.00721. The fraction of sp³-hybridized carbons (Fsp3) is 0.231. The number of primary amides is 1. The van der Waals surface area contributed by atoms with Gasteiger partial charge in [-0.3, -0.25) is 9.59 Å². The number of carbonyl (C=O) groups excluding carboxylic acids is 1. The molecule has 1 amide bonds. The van der Waals surface area contributed by atoms with E-state index in [2.05, 4.69) is 11.8 Å². The van der Waals surface area contributed by atoms with Gasteiger partial charge in [0.15, 0.2) is 0 Å². The highest BCUT2D eigenvalue weighted by Gasteiger charge is 2.02. The SMILES string of the molecule is NC(=O)CC#Cc1ccccc1CCC(=O)O. The molecular formula is C13H13NO3. The molecule has 0 fully saturated rings. The Bertz CT molecular complexity index is 483. The summed E-state index contributed by atoms with van der Waals surface area (Å²) < 4.78 is 0. The summed E-state index contributed by atoms with van der Waals surface area (Å²) >= 11 is 0. The molecule has 4 heteroatoms. The molecule has 0 aliphatic rings. The minimum Gasteiger partial charge on any atom is -0.481 e. The van der Waals surface area contributed by atoms with E-state index in [4.69, 9.17) is 10.8 Å². The van der Waals surface area contributed by atoms with Gasteiger partial charge in [0.05, 0.1) is 6.42 Å². The van der Waals surface area contributed by atoms with E-state index in [0.717, 1.165) is 11.1 Å². The molecule has 17 heavy (non-hydrogen) atoms. The molecule has 4 nitrogen and oxygen atoms in total. The second-order valence-corrected chi connectivity index (χ2v) is 3.50. The van der Waals surface area contributed by atoms with Gasteiger partial charge in [0.2, 0.25) is 5.91 Å². The van der Waals surface area contributed by atoms with Crippen molar-refractivity contribution in [1.82, 2.24) is 0 Å². The van der Waals surface area contributed by atoms with Crippen molar-refractivity contribution in [3.8, 4) is 11.8 Å². The molecule has 3 N–H and O–H groups in total. The predicted octanol–water partition coefficient (Wildman–Crippen LogP) is 0.931. The van der Waals surface area contributed by atoms with E-state index >= 15 is 0 Å². The Balaban J connectivity index is 2.79. The normalized spacial score (nSPS) is 9.18. The van der Waals surface area contributed by atoms with Crippen LogP contribution in [0.25, 0.3) is 0 Å². The summed E-state index contributed by atoms with van der Waals surface area (Å²) in [4.78, 5) is 21.0. The van der Waals surface area contributed by atoms with Crippen LogP contribution in [-0.4, -0.2) is 17.0 Å². The highest BCUT2D eigenvalue weighted by atomic mass is 16.4. The number of carboxylic acids is 1. The predicted molar refractivity (Wildman–Crippen MR) is 63.1 cm³/mol. The average Bonchev–Trinajstić information content (AvgIpc) is 2.27. The Labute approximate surface area is 99.4 Å². The van der Waals surface area contributed by atoms with Crippen molar-refractivity contribution in [1.29, 1.82) is 0 Å². The summed E-state index contributed by atoms with van der Waals surface area (Å²) in [6.07, 6.45) is 0.499. The van der Waals surface area contributed by atoms with Crippen molar-refractivity contribution < 1.29 is 14.7 Å². The molecular weight excluding hydrogens is 218 g/mol. The molecule has 1 aromatic rings. The molecule has 0 atom stereocenters. The van der Waals surface area contributed by atoms with E-state index in [0.29, 0.717) is 6.42 Å². The molecule has 0 saturated heterocycles. The van der Waals surface area contributed by atoms with Crippen LogP contribution in [-0.2, 0) is 16.0 Å². The number of aryl methyl sites for hydroxylation is 1. The summed E-state index contributed by atoms with van der Waals surface area (Å²) in [5.41, 5.74) is 6.59. The van der Waals surface area contributed by atoms with Gasteiger partial charge >= 0.3 is 5.97 Å². The highest BCUT2D eigenvalue weighted by molar-refractivity contribution is 5.76. The quantitative estimate of drug-likeness (QED) is 0.756. The molecule has 1 aromatic carbocycles. The van der Waals surface area contributed by atoms with Crippen molar-refractivity contribution in [2.45, 2.75) is 19.3 Å². The lowest BCUT2D eigenvalue weighted by Gasteiger charge is -2.01. The van der Waals surface area contributed by atoms with Gasteiger partial charge in [-0.05, 0) is 18.1 Å². The van der Waals surface area contributed by atoms with E-state index in [9.17, 15) is 9.59 Å². The van der Waals surface area contributed by atoms with Crippen LogP contribution in [0.3, 0.4) is 0 Å². The molecule has 88 valence electrons. The second kappa shape index (κ2) is 6.33. The molecule has 0 aliphatic carbocycles. The number of carbonyl (C=O) groups is 2. The molecule has 0 heterocycles. The van der Waals surface area contributed by atoms with Crippen molar-refractivity contribution in [3.05, 3.63) is 35.4 Å². The van der Waals surface area contributed by atoms with E-state index in [-0.39, 0.29) is 12.8 Å². The summed E-state index contributed by atoms with van der Waals surface area (Å²) in [6.45, 7) is 0. The zero-order chi connectivity index (χ0) is 12.7. The van der Waals surface area contributed by atoms with Crippen LogP contribution >= 0.6 is 0 Å². The number of carboxylic acid groups (broad SMARTS) is 1. The van der Waals surface area contributed by atoms with Gasteiger partial charge in [-0.1, -0.05) is 30.0 Å². The summed E-state index contributed by atoms with van der Waals surface area (Å²) in [6, 6.07) is 7.28. The van der Waals surface area contributed by atoms with Gasteiger partial charge < -0.3 is 10.8 Å². The monoisotopic (exact) mass is 231 g/mol. The third kappa shape index (κ3) is 4.85. The lowest BCUT2D eigenvalue weighted by Crippen LogP contribution is -2.08. The van der Waals surface area contributed by atoms with Gasteiger partial charge in [0.25, 0.3) is 0 Å². The van der Waals surface area contributed by atoms with Gasteiger partial charge in [0.1, 0.15) is 0 Å². The summed E-state index contributed by atoms with van der Waals surface area (Å²) in [5.74, 6) is 4.17. The number of amides is 1. The fourth-order valence-electron chi connectivity index (χ4n) is 1.33. The van der Waals surface area contributed by atoms with Crippen LogP contribution in [0.1, 0.15) is 24.0 Å². The largest absolute Gasteiger partial charge is 0.481 e. The van der Waals surface area contributed by atoms with Gasteiger partial charge in [0, 0.05) is 12.0 Å². The Morgan fingerprint density at radius 2 is 2.00 bits per heavy atom. The van der Waals surface area contributed by atoms with Crippen molar-refractivity contribution in [3.63, 3.8) is 0 Å². The second-order valence-electron chi connectivity index (χ2n) is 3.50. The Hall–Kier alpha value is -2.28. The first-order valence-electron chi connectivity index (χ1n) is 5.16. The molecule has 0 unspecified atom stereocenters. The van der Waals surface area contributed by atoms with Crippen LogP contribution in [0.5, 0.6) is 0 Å². The molecule has 0 aliphatic heterocycles. The average molecular weight is 231 g/mol. The lowest BCUT2D eigenvalue weighted by molar-refractivity contribution is -0.137. The molecule has 0 saturated carbocycles. The number of hydrogen-bond acceptors (Lipinski definition) is 2. The first-order chi connectivity index (χ1) is 8.09. The molecule has 0 aromatic heterocycles. The molecule has 0 spiro atoms. The van der Waals surface area contributed by atoms with Gasteiger partial charge in [-0.15, -0.1) is 0 Å². The van der Waals surface area contributed by atoms with E-state index in [1.807, 2.05) is 18.2 Å². The molecule has 0 bridgehead atoms. The maximum atomic E-state index is 10.5. The fourth-order valence-corrected chi connectivity index (χ4v) is 1.33. The summed E-state index contributed by atoms with van der Waals surface area (Å²) in [7, 11) is 0. The number of hydrogen-bond donors (Lipinski definition) is 2. The Morgan fingerprint density at radius 1 is 1.29 bits per heavy atom. The van der Waals surface area contributed by atoms with E-state index in [1.165, 1.54) is 0 Å². The first kappa shape index (κ1) is 12.8. The van der Waals surface area contributed by atoms with E-state index in [1.54, 1.807) is 6.07 Å². The van der Waals surface area contributed by atoms with Gasteiger partial charge in [-0.2, -0.15) is 0 Å². The number of nitrogens with two attached hydrogens (primary N) is 1. The standard InChI is InChI=1S/C13H13NO3/c14-12(15)7-3-6-10-4-1-2-5-11(10)8-9-13(16)17/h1-2,4-5H,7-9H2,(H2,14,15)(H,16,17). The van der Waals surface area contributed by atoms with Gasteiger partial charge in [-0.25, -0.2) is 0 Å². The Kier molecular flexibility index (Phi) is 4.77. The highest BCUT2D eigenvalue weighted by Crippen LogP contribution is 2.09. The number of rotatable bonds is 4. The smallest absolute Gasteiger partial charge is 0.303 e. The number of aliphatic carboxylic acids is 1. The molecule has 0 radical (unpaired) electrons. The van der Waals surface area contributed by atoms with E-state index < -0.39 is 11.9 Å². The van der Waals surface area contributed by atoms with Crippen LogP contribution in [0.2, 0.25) is 0 Å². The van der Waals surface area contributed by atoms with Crippen LogP contribution in [0.15, 0.2) is 24.3 Å². The van der Waals surface area contributed by atoms with Crippen LogP contribution in [0.4, 0.5) is 0 Å². The topological polar surface area (TPSA) is 80.4 Å². The summed E-state index contributed by atoms with van der Waals surface area (Å²) in [5, 5.41) is 8.62. The van der Waals surface area contributed by atoms with Crippen LogP contribution in [0, 0.1) is 11.8 Å². The Morgan fingerprint density at radius 3 is 2.65 bits per heavy atom. The molecule has 1 rings (SSSR count). The van der Waals surface area contributed by atoms with Crippen molar-refractivity contribution in [2.75, 3.05) is 0 Å². The third-order valence-electron chi connectivity index (χ3n) is 2.11. The van der Waals surface area contributed by atoms with Crippen molar-refractivity contribution >= 4 is 11.9 Å². The zero-order valence-corrected chi connectivity index (χ0v) is 9.27. The maximum absolute atomic E-state index is 10.5.